The average Bonchev–Trinajstić information content (AvgIpc) is 3.02. The number of hydrogen-bond acceptors (Lipinski definition) is 7. The Hall–Kier alpha value is -3.19. The summed E-state index contributed by atoms with van der Waals surface area (Å²) in [4.78, 5) is 16.6. The highest BCUT2D eigenvalue weighted by Gasteiger charge is 2.18. The first-order valence-corrected chi connectivity index (χ1v) is 9.97. The van der Waals surface area contributed by atoms with Gasteiger partial charge in [0.15, 0.2) is 16.8 Å². The number of fused-ring (bicyclic) bond motifs is 1. The summed E-state index contributed by atoms with van der Waals surface area (Å²) in [6.07, 6.45) is 1.54. The molecule has 0 atom stereocenters. The quantitative estimate of drug-likeness (QED) is 0.488. The van der Waals surface area contributed by atoms with Crippen molar-refractivity contribution in [2.45, 2.75) is 20.8 Å². The van der Waals surface area contributed by atoms with Crippen molar-refractivity contribution in [3.63, 3.8) is 0 Å². The molecule has 0 fully saturated rings. The molecule has 7 heteroatoms. The molecule has 3 N–H and O–H groups in total. The number of nitrogens with one attached hydrogen (secondary N) is 1. The number of nitrogens with zero attached hydrogens (tertiary/aromatic N) is 4. The smallest absolute Gasteiger partial charge is 0.188 e. The van der Waals surface area contributed by atoms with E-state index in [1.165, 1.54) is 16.6 Å². The summed E-state index contributed by atoms with van der Waals surface area (Å²) in [5, 5.41) is 6.36. The lowest BCUT2D eigenvalue weighted by Crippen LogP contribution is -2.20. The van der Waals surface area contributed by atoms with Crippen LogP contribution in [0.1, 0.15) is 17.5 Å². The van der Waals surface area contributed by atoms with Crippen LogP contribution in [0.3, 0.4) is 0 Å². The number of anilines is 5. The fourth-order valence-corrected chi connectivity index (χ4v) is 4.02. The van der Waals surface area contributed by atoms with Crippen LogP contribution >= 0.6 is 11.3 Å². The molecule has 0 aliphatic heterocycles. The van der Waals surface area contributed by atoms with Gasteiger partial charge in [0.05, 0.1) is 11.4 Å². The normalized spacial score (nSPS) is 11.0. The molecule has 2 aromatic heterocycles. The number of aryl methyl sites for hydroxylation is 2. The van der Waals surface area contributed by atoms with Crippen LogP contribution in [-0.2, 0) is 0 Å². The second-order valence-electron chi connectivity index (χ2n) is 6.49. The summed E-state index contributed by atoms with van der Waals surface area (Å²) in [6.45, 7) is 6.85. The Kier molecular flexibility index (Phi) is 4.83. The zero-order chi connectivity index (χ0) is 19.7. The Balaban J connectivity index is 1.76. The van der Waals surface area contributed by atoms with Crippen molar-refractivity contribution >= 4 is 50.3 Å². The molecule has 0 saturated carbocycles. The van der Waals surface area contributed by atoms with Gasteiger partial charge >= 0.3 is 0 Å². The topological polar surface area (TPSA) is 80.0 Å². The molecule has 0 bridgehead atoms. The standard InChI is InChI=1S/C21H22N6S/c1-4-27(17-11-7-9-15-8-5-6-10-16(15)17)20-18(22)19(23-12-24-20)26-21-25-13(2)14(3)28-21/h5-12H,4,22H2,1-3H3,(H,23,24,25,26). The zero-order valence-electron chi connectivity index (χ0n) is 16.1. The van der Waals surface area contributed by atoms with Crippen molar-refractivity contribution in [2.75, 3.05) is 22.5 Å². The zero-order valence-corrected chi connectivity index (χ0v) is 16.9. The van der Waals surface area contributed by atoms with Crippen LogP contribution in [0.2, 0.25) is 0 Å². The number of hydrogen-bond donors (Lipinski definition) is 2. The van der Waals surface area contributed by atoms with Gasteiger partial charge in [-0.2, -0.15) is 0 Å². The number of rotatable bonds is 5. The monoisotopic (exact) mass is 390 g/mol. The highest BCUT2D eigenvalue weighted by atomic mass is 32.1. The Labute approximate surface area is 168 Å². The van der Waals surface area contributed by atoms with Gasteiger partial charge in [0, 0.05) is 16.8 Å². The summed E-state index contributed by atoms with van der Waals surface area (Å²) in [6, 6.07) is 14.6. The van der Waals surface area contributed by atoms with Crippen molar-refractivity contribution in [1.82, 2.24) is 15.0 Å². The highest BCUT2D eigenvalue weighted by molar-refractivity contribution is 7.15. The third kappa shape index (κ3) is 3.25. The minimum Gasteiger partial charge on any atom is -0.393 e. The maximum atomic E-state index is 6.48. The molecule has 6 nitrogen and oxygen atoms in total. The van der Waals surface area contributed by atoms with Crippen LogP contribution in [0.4, 0.5) is 28.1 Å². The van der Waals surface area contributed by atoms with Crippen LogP contribution in [0, 0.1) is 13.8 Å². The molecule has 0 unspecified atom stereocenters. The molecule has 0 radical (unpaired) electrons. The third-order valence-corrected chi connectivity index (χ3v) is 5.73. The van der Waals surface area contributed by atoms with Crippen molar-refractivity contribution in [3.8, 4) is 0 Å². The summed E-state index contributed by atoms with van der Waals surface area (Å²) in [5.74, 6) is 1.25. The molecule has 28 heavy (non-hydrogen) atoms. The van der Waals surface area contributed by atoms with Crippen LogP contribution in [-0.4, -0.2) is 21.5 Å². The lowest BCUT2D eigenvalue weighted by Gasteiger charge is -2.25. The van der Waals surface area contributed by atoms with E-state index in [-0.39, 0.29) is 0 Å². The number of benzene rings is 2. The van der Waals surface area contributed by atoms with Gasteiger partial charge < -0.3 is 16.0 Å². The molecule has 142 valence electrons. The van der Waals surface area contributed by atoms with Crippen LogP contribution in [0.25, 0.3) is 10.8 Å². The van der Waals surface area contributed by atoms with Crippen LogP contribution in [0.5, 0.6) is 0 Å². The Morgan fingerprint density at radius 2 is 1.86 bits per heavy atom. The first kappa shape index (κ1) is 18.2. The van der Waals surface area contributed by atoms with E-state index >= 15 is 0 Å². The minimum atomic E-state index is 0.503. The van der Waals surface area contributed by atoms with E-state index in [1.54, 1.807) is 11.3 Å². The summed E-state index contributed by atoms with van der Waals surface area (Å²) >= 11 is 1.58. The Morgan fingerprint density at radius 1 is 1.07 bits per heavy atom. The van der Waals surface area contributed by atoms with Crippen molar-refractivity contribution in [1.29, 1.82) is 0 Å². The summed E-state index contributed by atoms with van der Waals surface area (Å²) < 4.78 is 0. The second kappa shape index (κ2) is 7.44. The molecule has 0 saturated heterocycles. The molecule has 2 heterocycles. The Bertz CT molecular complexity index is 1110. The van der Waals surface area contributed by atoms with E-state index in [0.29, 0.717) is 17.3 Å². The van der Waals surface area contributed by atoms with Crippen LogP contribution < -0.4 is 16.0 Å². The maximum absolute atomic E-state index is 6.48. The molecular weight excluding hydrogens is 368 g/mol. The molecule has 2 aromatic carbocycles. The molecule has 0 aliphatic carbocycles. The fourth-order valence-electron chi connectivity index (χ4n) is 3.21. The van der Waals surface area contributed by atoms with Gasteiger partial charge in [-0.15, -0.1) is 11.3 Å². The van der Waals surface area contributed by atoms with Gasteiger partial charge in [0.25, 0.3) is 0 Å². The predicted molar refractivity (Wildman–Crippen MR) is 118 cm³/mol. The average molecular weight is 391 g/mol. The first-order valence-electron chi connectivity index (χ1n) is 9.15. The number of nitrogens with two attached hydrogens (primary N) is 1. The molecular formula is C21H22N6S. The SMILES string of the molecule is CCN(c1ncnc(Nc2nc(C)c(C)s2)c1N)c1cccc2ccccc12. The summed E-state index contributed by atoms with van der Waals surface area (Å²) in [5.41, 5.74) is 9.06. The largest absolute Gasteiger partial charge is 0.393 e. The van der Waals surface area contributed by atoms with Gasteiger partial charge in [-0.05, 0) is 32.2 Å². The van der Waals surface area contributed by atoms with E-state index in [4.69, 9.17) is 5.73 Å². The molecule has 0 amide bonds. The fraction of sp³-hybridized carbons (Fsp3) is 0.190. The maximum Gasteiger partial charge on any atom is 0.188 e. The minimum absolute atomic E-state index is 0.503. The van der Waals surface area contributed by atoms with Gasteiger partial charge in [-0.3, -0.25) is 0 Å². The van der Waals surface area contributed by atoms with Crippen molar-refractivity contribution < 1.29 is 0 Å². The van der Waals surface area contributed by atoms with Crippen LogP contribution in [0.15, 0.2) is 48.8 Å². The third-order valence-electron chi connectivity index (χ3n) is 4.75. The lowest BCUT2D eigenvalue weighted by atomic mass is 10.1. The molecule has 0 spiro atoms. The van der Waals surface area contributed by atoms with E-state index in [0.717, 1.165) is 28.4 Å². The number of thiazole rings is 1. The molecule has 0 aliphatic rings. The van der Waals surface area contributed by atoms with Gasteiger partial charge in [-0.1, -0.05) is 36.4 Å². The highest BCUT2D eigenvalue weighted by Crippen LogP contribution is 2.36. The molecule has 4 aromatic rings. The van der Waals surface area contributed by atoms with E-state index in [1.807, 2.05) is 26.0 Å². The predicted octanol–water partition coefficient (Wildman–Crippen LogP) is 5.19. The lowest BCUT2D eigenvalue weighted by molar-refractivity contribution is 0.985. The second-order valence-corrected chi connectivity index (χ2v) is 7.69. The van der Waals surface area contributed by atoms with E-state index in [2.05, 4.69) is 62.4 Å². The van der Waals surface area contributed by atoms with Gasteiger partial charge in [0.1, 0.15) is 12.0 Å². The number of nitrogen functional groups attached to an aromatic ring is 1. The number of aromatic nitrogens is 3. The summed E-state index contributed by atoms with van der Waals surface area (Å²) in [7, 11) is 0. The van der Waals surface area contributed by atoms with Gasteiger partial charge in [-0.25, -0.2) is 15.0 Å². The first-order chi connectivity index (χ1) is 13.6. The van der Waals surface area contributed by atoms with E-state index < -0.39 is 0 Å². The van der Waals surface area contributed by atoms with Gasteiger partial charge in [0.2, 0.25) is 0 Å². The van der Waals surface area contributed by atoms with E-state index in [9.17, 15) is 0 Å². The Morgan fingerprint density at radius 3 is 2.61 bits per heavy atom. The van der Waals surface area contributed by atoms with Crippen molar-refractivity contribution in [2.24, 2.45) is 0 Å². The molecule has 4 rings (SSSR count). The van der Waals surface area contributed by atoms with Crippen molar-refractivity contribution in [3.05, 3.63) is 59.4 Å².